The van der Waals surface area contributed by atoms with Crippen LogP contribution in [0.3, 0.4) is 0 Å². The topological polar surface area (TPSA) is 29.5 Å². The third-order valence-corrected chi connectivity index (χ3v) is 2.62. The van der Waals surface area contributed by atoms with Gasteiger partial charge in [0.05, 0.1) is 6.10 Å². The van der Waals surface area contributed by atoms with Gasteiger partial charge in [-0.2, -0.15) is 0 Å². The molecule has 1 aliphatic heterocycles. The van der Waals surface area contributed by atoms with Gasteiger partial charge in [-0.15, -0.1) is 0 Å². The van der Waals surface area contributed by atoms with Gasteiger partial charge in [-0.1, -0.05) is 20.8 Å². The molecule has 1 N–H and O–H groups in total. The van der Waals surface area contributed by atoms with E-state index in [0.29, 0.717) is 11.8 Å². The zero-order valence-electron chi connectivity index (χ0n) is 8.29. The number of rotatable bonds is 1. The van der Waals surface area contributed by atoms with Crippen LogP contribution in [0.1, 0.15) is 40.0 Å². The quantitative estimate of drug-likeness (QED) is 0.657. The van der Waals surface area contributed by atoms with Crippen LogP contribution in [0.25, 0.3) is 0 Å². The standard InChI is InChI=1S/C10H20O2/c1-7(2)9-5-4-8(3)6-10(11)12-9/h7-11H,4-6H2,1-3H3/t8-,9+,10+/m1/s1. The van der Waals surface area contributed by atoms with Gasteiger partial charge in [-0.25, -0.2) is 0 Å². The van der Waals surface area contributed by atoms with Gasteiger partial charge in [-0.3, -0.25) is 0 Å². The van der Waals surface area contributed by atoms with E-state index in [1.54, 1.807) is 0 Å². The summed E-state index contributed by atoms with van der Waals surface area (Å²) in [6, 6.07) is 0. The molecule has 0 spiro atoms. The first-order valence-electron chi connectivity index (χ1n) is 4.93. The molecule has 1 heterocycles. The third-order valence-electron chi connectivity index (χ3n) is 2.62. The van der Waals surface area contributed by atoms with Crippen LogP contribution < -0.4 is 0 Å². The predicted octanol–water partition coefficient (Wildman–Crippen LogP) is 2.17. The zero-order chi connectivity index (χ0) is 9.14. The minimum absolute atomic E-state index is 0.255. The zero-order valence-corrected chi connectivity index (χ0v) is 8.29. The fourth-order valence-electron chi connectivity index (χ4n) is 1.73. The first-order valence-corrected chi connectivity index (χ1v) is 4.93. The molecular formula is C10H20O2. The molecule has 0 unspecified atom stereocenters. The highest BCUT2D eigenvalue weighted by atomic mass is 16.6. The maximum atomic E-state index is 9.46. The van der Waals surface area contributed by atoms with Crippen molar-refractivity contribution in [2.45, 2.75) is 52.4 Å². The summed E-state index contributed by atoms with van der Waals surface area (Å²) in [6.07, 6.45) is 2.79. The molecule has 0 aromatic carbocycles. The van der Waals surface area contributed by atoms with Crippen molar-refractivity contribution in [1.82, 2.24) is 0 Å². The molecule has 0 radical (unpaired) electrons. The second-order valence-corrected chi connectivity index (χ2v) is 4.29. The van der Waals surface area contributed by atoms with Crippen molar-refractivity contribution in [2.24, 2.45) is 11.8 Å². The monoisotopic (exact) mass is 172 g/mol. The lowest BCUT2D eigenvalue weighted by Crippen LogP contribution is -2.24. The summed E-state index contributed by atoms with van der Waals surface area (Å²) in [5.41, 5.74) is 0. The molecule has 1 aliphatic rings. The maximum absolute atomic E-state index is 9.46. The van der Waals surface area contributed by atoms with E-state index in [-0.39, 0.29) is 6.10 Å². The lowest BCUT2D eigenvalue weighted by molar-refractivity contribution is -0.146. The molecule has 3 atom stereocenters. The average Bonchev–Trinajstić information content (AvgIpc) is 2.11. The van der Waals surface area contributed by atoms with Crippen LogP contribution in [0.4, 0.5) is 0 Å². The predicted molar refractivity (Wildman–Crippen MR) is 48.7 cm³/mol. The van der Waals surface area contributed by atoms with Crippen molar-refractivity contribution in [3.05, 3.63) is 0 Å². The molecule has 1 saturated heterocycles. The summed E-state index contributed by atoms with van der Waals surface area (Å²) < 4.78 is 5.50. The number of aliphatic hydroxyl groups excluding tert-OH is 1. The smallest absolute Gasteiger partial charge is 0.155 e. The number of hydrogen-bond donors (Lipinski definition) is 1. The molecule has 2 heteroatoms. The summed E-state index contributed by atoms with van der Waals surface area (Å²) in [7, 11) is 0. The summed E-state index contributed by atoms with van der Waals surface area (Å²) in [5, 5.41) is 9.46. The molecule has 72 valence electrons. The average molecular weight is 172 g/mol. The molecule has 1 fully saturated rings. The maximum Gasteiger partial charge on any atom is 0.155 e. The Kier molecular flexibility index (Phi) is 3.53. The molecule has 0 aromatic rings. The lowest BCUT2D eigenvalue weighted by Gasteiger charge is -2.21. The summed E-state index contributed by atoms with van der Waals surface area (Å²) in [6.45, 7) is 6.47. The second kappa shape index (κ2) is 4.24. The minimum Gasteiger partial charge on any atom is -0.368 e. The van der Waals surface area contributed by atoms with Gasteiger partial charge in [0, 0.05) is 6.42 Å². The van der Waals surface area contributed by atoms with Crippen molar-refractivity contribution in [1.29, 1.82) is 0 Å². The van der Waals surface area contributed by atoms with E-state index in [4.69, 9.17) is 4.74 Å². The Hall–Kier alpha value is -0.0800. The van der Waals surface area contributed by atoms with Crippen LogP contribution in [0.15, 0.2) is 0 Å². The van der Waals surface area contributed by atoms with Crippen LogP contribution in [0.5, 0.6) is 0 Å². The molecule has 0 bridgehead atoms. The highest BCUT2D eigenvalue weighted by Gasteiger charge is 2.24. The Balaban J connectivity index is 2.46. The van der Waals surface area contributed by atoms with E-state index in [2.05, 4.69) is 20.8 Å². The van der Waals surface area contributed by atoms with Gasteiger partial charge in [0.15, 0.2) is 6.29 Å². The van der Waals surface area contributed by atoms with E-state index >= 15 is 0 Å². The van der Waals surface area contributed by atoms with E-state index in [1.165, 1.54) is 6.42 Å². The fourth-order valence-corrected chi connectivity index (χ4v) is 1.73. The Morgan fingerprint density at radius 1 is 1.33 bits per heavy atom. The molecular weight excluding hydrogens is 152 g/mol. The SMILES string of the molecule is CC(C)[C@@H]1CC[C@@H](C)C[C@@H](O)O1. The molecule has 1 rings (SSSR count). The molecule has 2 nitrogen and oxygen atoms in total. The summed E-state index contributed by atoms with van der Waals surface area (Å²) in [5.74, 6) is 1.12. The highest BCUT2D eigenvalue weighted by Crippen LogP contribution is 2.25. The van der Waals surface area contributed by atoms with Gasteiger partial charge in [0.1, 0.15) is 0 Å². The van der Waals surface area contributed by atoms with Crippen molar-refractivity contribution in [2.75, 3.05) is 0 Å². The van der Waals surface area contributed by atoms with Crippen LogP contribution in [0.2, 0.25) is 0 Å². The summed E-state index contributed by atoms with van der Waals surface area (Å²) in [4.78, 5) is 0. The van der Waals surface area contributed by atoms with E-state index in [0.717, 1.165) is 12.8 Å². The van der Waals surface area contributed by atoms with Gasteiger partial charge in [0.2, 0.25) is 0 Å². The van der Waals surface area contributed by atoms with Crippen molar-refractivity contribution < 1.29 is 9.84 Å². The normalized spacial score (nSPS) is 38.2. The fraction of sp³-hybridized carbons (Fsp3) is 1.00. The van der Waals surface area contributed by atoms with Crippen molar-refractivity contribution >= 4 is 0 Å². The summed E-state index contributed by atoms with van der Waals surface area (Å²) >= 11 is 0. The molecule has 0 saturated carbocycles. The van der Waals surface area contributed by atoms with Crippen molar-refractivity contribution in [3.8, 4) is 0 Å². The van der Waals surface area contributed by atoms with Crippen LogP contribution in [-0.4, -0.2) is 17.5 Å². The van der Waals surface area contributed by atoms with Crippen LogP contribution in [-0.2, 0) is 4.74 Å². The highest BCUT2D eigenvalue weighted by molar-refractivity contribution is 4.70. The number of ether oxygens (including phenoxy) is 1. The largest absolute Gasteiger partial charge is 0.368 e. The molecule has 0 aromatic heterocycles. The Labute approximate surface area is 74.9 Å². The first kappa shape index (κ1) is 10.0. The van der Waals surface area contributed by atoms with Crippen LogP contribution in [0, 0.1) is 11.8 Å². The van der Waals surface area contributed by atoms with E-state index in [1.807, 2.05) is 0 Å². The van der Waals surface area contributed by atoms with Gasteiger partial charge in [-0.05, 0) is 24.7 Å². The Morgan fingerprint density at radius 2 is 2.00 bits per heavy atom. The Bertz CT molecular complexity index is 134. The van der Waals surface area contributed by atoms with Gasteiger partial charge >= 0.3 is 0 Å². The van der Waals surface area contributed by atoms with Gasteiger partial charge in [0.25, 0.3) is 0 Å². The number of hydrogen-bond acceptors (Lipinski definition) is 2. The van der Waals surface area contributed by atoms with Crippen LogP contribution >= 0.6 is 0 Å². The van der Waals surface area contributed by atoms with Crippen molar-refractivity contribution in [3.63, 3.8) is 0 Å². The molecule has 0 amide bonds. The minimum atomic E-state index is -0.533. The Morgan fingerprint density at radius 3 is 2.58 bits per heavy atom. The first-order chi connectivity index (χ1) is 5.59. The van der Waals surface area contributed by atoms with Gasteiger partial charge < -0.3 is 9.84 Å². The number of aliphatic hydroxyl groups is 1. The third kappa shape index (κ3) is 2.76. The second-order valence-electron chi connectivity index (χ2n) is 4.29. The molecule has 0 aliphatic carbocycles. The molecule has 12 heavy (non-hydrogen) atoms. The van der Waals surface area contributed by atoms with E-state index < -0.39 is 6.29 Å². The van der Waals surface area contributed by atoms with E-state index in [9.17, 15) is 5.11 Å². The lowest BCUT2D eigenvalue weighted by atomic mass is 9.97.